The Bertz CT molecular complexity index is 510. The molecule has 1 spiro atoms. The zero-order chi connectivity index (χ0) is 16.5. The van der Waals surface area contributed by atoms with Gasteiger partial charge >= 0.3 is 5.97 Å². The molecule has 130 valence electrons. The molecule has 0 amide bonds. The molecule has 4 saturated carbocycles. The van der Waals surface area contributed by atoms with Crippen molar-refractivity contribution in [1.29, 1.82) is 0 Å². The van der Waals surface area contributed by atoms with E-state index >= 15 is 0 Å². The van der Waals surface area contributed by atoms with Gasteiger partial charge in [-0.3, -0.25) is 4.79 Å². The second-order valence-electron chi connectivity index (χ2n) is 10.00. The van der Waals surface area contributed by atoms with Gasteiger partial charge in [0.15, 0.2) is 0 Å². The van der Waals surface area contributed by atoms with Crippen molar-refractivity contribution in [3.8, 4) is 0 Å². The van der Waals surface area contributed by atoms with Gasteiger partial charge in [-0.15, -0.1) is 0 Å². The van der Waals surface area contributed by atoms with E-state index in [1.165, 1.54) is 51.4 Å². The molecule has 4 aliphatic rings. The van der Waals surface area contributed by atoms with Crippen molar-refractivity contribution in [2.24, 2.45) is 39.9 Å². The molecule has 2 heteroatoms. The molecule has 0 radical (unpaired) electrons. The smallest absolute Gasteiger partial charge is 0.311 e. The summed E-state index contributed by atoms with van der Waals surface area (Å²) < 4.78 is 5.26. The minimum absolute atomic E-state index is 0.0536. The summed E-state index contributed by atoms with van der Waals surface area (Å²) in [6.45, 7) is 7.25. The monoisotopic (exact) mass is 318 g/mol. The van der Waals surface area contributed by atoms with E-state index in [-0.39, 0.29) is 11.4 Å². The first-order chi connectivity index (χ1) is 10.9. The van der Waals surface area contributed by atoms with Gasteiger partial charge in [-0.2, -0.15) is 0 Å². The third kappa shape index (κ3) is 1.96. The molecule has 0 saturated heterocycles. The average molecular weight is 319 g/mol. The number of carbonyl (C=O) groups excluding carboxylic acids is 1. The highest BCUT2D eigenvalue weighted by molar-refractivity contribution is 5.77. The molecule has 4 fully saturated rings. The summed E-state index contributed by atoms with van der Waals surface area (Å²) in [5, 5.41) is 0. The Labute approximate surface area is 141 Å². The third-order valence-corrected chi connectivity index (χ3v) is 9.12. The minimum atomic E-state index is -0.246. The Morgan fingerprint density at radius 2 is 1.78 bits per heavy atom. The Balaban J connectivity index is 1.72. The van der Waals surface area contributed by atoms with E-state index in [0.29, 0.717) is 16.7 Å². The molecule has 0 aliphatic heterocycles. The number of ether oxygens (including phenoxy) is 1. The van der Waals surface area contributed by atoms with Crippen LogP contribution in [0, 0.1) is 39.9 Å². The van der Waals surface area contributed by atoms with Gasteiger partial charge in [0, 0.05) is 0 Å². The highest BCUT2D eigenvalue weighted by Gasteiger charge is 2.65. The lowest BCUT2D eigenvalue weighted by Crippen LogP contribution is -2.58. The van der Waals surface area contributed by atoms with Crippen molar-refractivity contribution < 1.29 is 9.53 Å². The second kappa shape index (κ2) is 4.99. The lowest BCUT2D eigenvalue weighted by Gasteiger charge is -2.63. The maximum Gasteiger partial charge on any atom is 0.311 e. The topological polar surface area (TPSA) is 26.3 Å². The third-order valence-electron chi connectivity index (χ3n) is 9.12. The number of fused-ring (bicyclic) bond motifs is 3. The van der Waals surface area contributed by atoms with Crippen molar-refractivity contribution in [3.63, 3.8) is 0 Å². The lowest BCUT2D eigenvalue weighted by molar-refractivity contribution is -0.183. The van der Waals surface area contributed by atoms with Gasteiger partial charge in [0.25, 0.3) is 0 Å². The Hall–Kier alpha value is -0.530. The fourth-order valence-corrected chi connectivity index (χ4v) is 8.27. The molecular formula is C21H34O2. The van der Waals surface area contributed by atoms with Gasteiger partial charge in [-0.25, -0.2) is 0 Å². The van der Waals surface area contributed by atoms with Crippen LogP contribution in [-0.2, 0) is 9.53 Å². The van der Waals surface area contributed by atoms with Gasteiger partial charge in [0.05, 0.1) is 12.5 Å². The van der Waals surface area contributed by atoms with Crippen LogP contribution >= 0.6 is 0 Å². The molecule has 2 nitrogen and oxygen atoms in total. The van der Waals surface area contributed by atoms with E-state index in [0.717, 1.165) is 24.2 Å². The number of esters is 1. The highest BCUT2D eigenvalue weighted by Crippen LogP contribution is 2.72. The van der Waals surface area contributed by atoms with Gasteiger partial charge in [-0.1, -0.05) is 20.3 Å². The largest absolute Gasteiger partial charge is 0.469 e. The first-order valence-corrected chi connectivity index (χ1v) is 9.94. The predicted molar refractivity (Wildman–Crippen MR) is 91.9 cm³/mol. The van der Waals surface area contributed by atoms with Crippen molar-refractivity contribution in [1.82, 2.24) is 0 Å². The quantitative estimate of drug-likeness (QED) is 0.620. The number of hydrogen-bond donors (Lipinski definition) is 0. The summed E-state index contributed by atoms with van der Waals surface area (Å²) in [5.74, 6) is 3.34. The molecule has 0 aromatic heterocycles. The molecule has 0 heterocycles. The van der Waals surface area contributed by atoms with Crippen molar-refractivity contribution in [2.45, 2.75) is 78.6 Å². The van der Waals surface area contributed by atoms with Crippen molar-refractivity contribution in [2.75, 3.05) is 7.11 Å². The number of carbonyl (C=O) groups is 1. The van der Waals surface area contributed by atoms with E-state index in [4.69, 9.17) is 4.74 Å². The lowest BCUT2D eigenvalue weighted by atomic mass is 9.41. The van der Waals surface area contributed by atoms with Crippen LogP contribution in [0.5, 0.6) is 0 Å². The van der Waals surface area contributed by atoms with Gasteiger partial charge in [0.1, 0.15) is 0 Å². The zero-order valence-electron chi connectivity index (χ0n) is 15.5. The number of methoxy groups -OCH3 is 1. The molecule has 0 aromatic rings. The second-order valence-corrected chi connectivity index (χ2v) is 10.00. The van der Waals surface area contributed by atoms with Crippen molar-refractivity contribution in [3.05, 3.63) is 0 Å². The minimum Gasteiger partial charge on any atom is -0.469 e. The maximum atomic E-state index is 12.6. The first kappa shape index (κ1) is 16.0. The Morgan fingerprint density at radius 1 is 1.00 bits per heavy atom. The van der Waals surface area contributed by atoms with Gasteiger partial charge in [0.2, 0.25) is 0 Å². The van der Waals surface area contributed by atoms with Crippen LogP contribution < -0.4 is 0 Å². The summed E-state index contributed by atoms with van der Waals surface area (Å²) in [6.07, 6.45) is 12.0. The first-order valence-electron chi connectivity index (χ1n) is 9.94. The summed E-state index contributed by atoms with van der Waals surface area (Å²) in [4.78, 5) is 12.6. The molecule has 4 aliphatic carbocycles. The molecule has 0 aromatic carbocycles. The molecule has 4 rings (SSSR count). The van der Waals surface area contributed by atoms with Crippen LogP contribution in [0.15, 0.2) is 0 Å². The average Bonchev–Trinajstić information content (AvgIpc) is 2.75. The number of rotatable bonds is 1. The maximum absolute atomic E-state index is 12.6. The molecule has 2 bridgehead atoms. The molecular weight excluding hydrogens is 284 g/mol. The van der Waals surface area contributed by atoms with Gasteiger partial charge in [-0.05, 0) is 92.8 Å². The van der Waals surface area contributed by atoms with Gasteiger partial charge < -0.3 is 4.74 Å². The van der Waals surface area contributed by atoms with E-state index in [1.807, 2.05) is 0 Å². The van der Waals surface area contributed by atoms with Crippen LogP contribution in [-0.4, -0.2) is 13.1 Å². The number of hydrogen-bond acceptors (Lipinski definition) is 2. The van der Waals surface area contributed by atoms with E-state index in [9.17, 15) is 4.79 Å². The van der Waals surface area contributed by atoms with Crippen LogP contribution in [0.25, 0.3) is 0 Å². The van der Waals surface area contributed by atoms with E-state index in [1.54, 1.807) is 7.11 Å². The van der Waals surface area contributed by atoms with Crippen LogP contribution in [0.2, 0.25) is 0 Å². The summed E-state index contributed by atoms with van der Waals surface area (Å²) in [7, 11) is 1.58. The fraction of sp³-hybridized carbons (Fsp3) is 0.952. The molecule has 7 atom stereocenters. The Kier molecular flexibility index (Phi) is 3.46. The molecule has 23 heavy (non-hydrogen) atoms. The summed E-state index contributed by atoms with van der Waals surface area (Å²) in [6, 6.07) is 0. The zero-order valence-corrected chi connectivity index (χ0v) is 15.5. The normalized spacial score (nSPS) is 55.0. The van der Waals surface area contributed by atoms with Crippen LogP contribution in [0.4, 0.5) is 0 Å². The van der Waals surface area contributed by atoms with E-state index in [2.05, 4.69) is 20.8 Å². The standard InChI is InChI=1S/C21H34O2/c1-14-12-21-11-8-16-19(2,17(21)7-6-15(14)13-21)9-5-10-20(16,3)18(22)23-4/h14-17H,5-13H2,1-4H3/t14-,15+,16-,17-,19+,20+,21+/m1/s1. The SMILES string of the molecule is COC(=O)[C@@]1(C)CCC[C@@]2(C)[C@H]1CC[C@]13C[C@H](CC[C@@H]12)[C@H](C)C3. The highest BCUT2D eigenvalue weighted by atomic mass is 16.5. The van der Waals surface area contributed by atoms with Crippen LogP contribution in [0.3, 0.4) is 0 Å². The van der Waals surface area contributed by atoms with Crippen molar-refractivity contribution >= 4 is 5.97 Å². The summed E-state index contributed by atoms with van der Waals surface area (Å²) in [5.41, 5.74) is 0.723. The van der Waals surface area contributed by atoms with E-state index < -0.39 is 0 Å². The molecule has 0 unspecified atom stereocenters. The fourth-order valence-electron chi connectivity index (χ4n) is 8.27. The predicted octanol–water partition coefficient (Wildman–Crippen LogP) is 5.21. The Morgan fingerprint density at radius 3 is 2.52 bits per heavy atom. The van der Waals surface area contributed by atoms with Crippen LogP contribution in [0.1, 0.15) is 78.6 Å². The molecule has 0 N–H and O–H groups in total. The summed E-state index contributed by atoms with van der Waals surface area (Å²) >= 11 is 0.